The van der Waals surface area contributed by atoms with E-state index in [9.17, 15) is 4.39 Å². The predicted molar refractivity (Wildman–Crippen MR) is 83.6 cm³/mol. The minimum atomic E-state index is -0.105. The highest BCUT2D eigenvalue weighted by Gasteiger charge is 2.23. The molecule has 1 aromatic carbocycles. The molecule has 1 aromatic rings. The number of para-hydroxylation sites is 1. The van der Waals surface area contributed by atoms with Crippen molar-refractivity contribution in [2.45, 2.75) is 52.0 Å². The van der Waals surface area contributed by atoms with Gasteiger partial charge in [-0.3, -0.25) is 0 Å². The van der Waals surface area contributed by atoms with Gasteiger partial charge in [0.25, 0.3) is 0 Å². The molecule has 1 atom stereocenters. The zero-order chi connectivity index (χ0) is 14.5. The molecule has 0 spiro atoms. The summed E-state index contributed by atoms with van der Waals surface area (Å²) in [4.78, 5) is 2.21. The van der Waals surface area contributed by atoms with Crippen LogP contribution in [0.5, 0.6) is 0 Å². The van der Waals surface area contributed by atoms with Gasteiger partial charge in [-0.25, -0.2) is 4.39 Å². The van der Waals surface area contributed by atoms with Gasteiger partial charge in [0.1, 0.15) is 5.82 Å². The molecule has 112 valence electrons. The average Bonchev–Trinajstić information content (AvgIpc) is 2.39. The molecule has 0 heterocycles. The Balaban J connectivity index is 2.21. The summed E-state index contributed by atoms with van der Waals surface area (Å²) >= 11 is 0. The molecule has 1 aliphatic rings. The van der Waals surface area contributed by atoms with Crippen LogP contribution < -0.4 is 10.6 Å². The van der Waals surface area contributed by atoms with E-state index in [1.165, 1.54) is 19.3 Å². The highest BCUT2D eigenvalue weighted by molar-refractivity contribution is 5.55. The Hall–Kier alpha value is -1.09. The third kappa shape index (κ3) is 3.51. The Morgan fingerprint density at radius 1 is 1.35 bits per heavy atom. The summed E-state index contributed by atoms with van der Waals surface area (Å²) in [6.07, 6.45) is 5.58. The van der Waals surface area contributed by atoms with Gasteiger partial charge in [0.2, 0.25) is 0 Å². The van der Waals surface area contributed by atoms with Gasteiger partial charge in [0.05, 0.1) is 5.69 Å². The molecule has 0 aromatic heterocycles. The summed E-state index contributed by atoms with van der Waals surface area (Å²) in [5, 5.41) is 0. The first kappa shape index (κ1) is 15.3. The number of halogens is 1. The highest BCUT2D eigenvalue weighted by Crippen LogP contribution is 2.32. The molecule has 1 unspecified atom stereocenters. The molecule has 1 aliphatic carbocycles. The van der Waals surface area contributed by atoms with Crippen LogP contribution in [0.25, 0.3) is 0 Å². The number of hydrogen-bond donors (Lipinski definition) is 1. The van der Waals surface area contributed by atoms with Gasteiger partial charge in [-0.15, -0.1) is 0 Å². The fourth-order valence-electron chi connectivity index (χ4n) is 2.87. The van der Waals surface area contributed by atoms with Crippen LogP contribution in [-0.4, -0.2) is 19.1 Å². The monoisotopic (exact) mass is 278 g/mol. The molecule has 0 aliphatic heterocycles. The smallest absolute Gasteiger partial charge is 0.146 e. The normalized spacial score (nSPS) is 16.8. The Morgan fingerprint density at radius 3 is 2.65 bits per heavy atom. The molecule has 20 heavy (non-hydrogen) atoms. The predicted octanol–water partition coefficient (Wildman–Crippen LogP) is 3.73. The second kappa shape index (κ2) is 7.07. The molecule has 2 rings (SSSR count). The Labute approximate surface area is 122 Å². The van der Waals surface area contributed by atoms with E-state index in [1.54, 1.807) is 12.1 Å². The van der Waals surface area contributed by atoms with E-state index in [4.69, 9.17) is 5.73 Å². The van der Waals surface area contributed by atoms with Crippen molar-refractivity contribution in [3.8, 4) is 0 Å². The molecule has 0 saturated heterocycles. The van der Waals surface area contributed by atoms with Crippen LogP contribution in [0.15, 0.2) is 18.2 Å². The second-order valence-electron chi connectivity index (χ2n) is 5.96. The van der Waals surface area contributed by atoms with Crippen molar-refractivity contribution in [1.29, 1.82) is 0 Å². The molecular formula is C17H27FN2. The number of nitrogens with two attached hydrogens (primary N) is 1. The van der Waals surface area contributed by atoms with E-state index in [0.29, 0.717) is 0 Å². The largest absolute Gasteiger partial charge is 0.369 e. The van der Waals surface area contributed by atoms with E-state index in [0.717, 1.165) is 43.1 Å². The molecule has 0 amide bonds. The van der Waals surface area contributed by atoms with E-state index in [2.05, 4.69) is 18.7 Å². The van der Waals surface area contributed by atoms with Gasteiger partial charge in [-0.05, 0) is 50.2 Å². The summed E-state index contributed by atoms with van der Waals surface area (Å²) in [5.74, 6) is 0.634. The van der Waals surface area contributed by atoms with Gasteiger partial charge in [-0.1, -0.05) is 25.5 Å². The van der Waals surface area contributed by atoms with Crippen LogP contribution in [-0.2, 0) is 6.42 Å². The lowest BCUT2D eigenvalue weighted by Crippen LogP contribution is -2.34. The lowest BCUT2D eigenvalue weighted by Gasteiger charge is -2.34. The minimum absolute atomic E-state index is 0.105. The van der Waals surface area contributed by atoms with Gasteiger partial charge >= 0.3 is 0 Å². The second-order valence-corrected chi connectivity index (χ2v) is 5.96. The highest BCUT2D eigenvalue weighted by atomic mass is 19.1. The Bertz CT molecular complexity index is 429. The molecule has 3 heteroatoms. The van der Waals surface area contributed by atoms with Crippen molar-refractivity contribution in [1.82, 2.24) is 0 Å². The molecule has 1 saturated carbocycles. The lowest BCUT2D eigenvalue weighted by atomic mass is 9.85. The summed E-state index contributed by atoms with van der Waals surface area (Å²) in [6.45, 7) is 6.02. The maximum atomic E-state index is 14.3. The molecule has 2 nitrogen and oxygen atoms in total. The Kier molecular flexibility index (Phi) is 5.41. The van der Waals surface area contributed by atoms with Crippen molar-refractivity contribution in [3.05, 3.63) is 29.6 Å². The molecule has 0 bridgehead atoms. The van der Waals surface area contributed by atoms with Crippen LogP contribution in [0.1, 0.15) is 45.1 Å². The first-order valence-corrected chi connectivity index (χ1v) is 7.93. The SMILES string of the molecule is CCC(N)Cc1cccc(F)c1N(CC)CC1CCC1. The van der Waals surface area contributed by atoms with Gasteiger partial charge < -0.3 is 10.6 Å². The van der Waals surface area contributed by atoms with E-state index in [1.807, 2.05) is 6.07 Å². The number of nitrogens with zero attached hydrogens (tertiary/aromatic N) is 1. The number of rotatable bonds is 7. The van der Waals surface area contributed by atoms with Crippen LogP contribution in [0.2, 0.25) is 0 Å². The van der Waals surface area contributed by atoms with Crippen molar-refractivity contribution in [3.63, 3.8) is 0 Å². The zero-order valence-corrected chi connectivity index (χ0v) is 12.7. The molecule has 1 fully saturated rings. The third-order valence-electron chi connectivity index (χ3n) is 4.48. The number of hydrogen-bond acceptors (Lipinski definition) is 2. The van der Waals surface area contributed by atoms with Crippen molar-refractivity contribution in [2.24, 2.45) is 11.7 Å². The van der Waals surface area contributed by atoms with Gasteiger partial charge in [-0.2, -0.15) is 0 Å². The summed E-state index contributed by atoms with van der Waals surface area (Å²) in [7, 11) is 0. The van der Waals surface area contributed by atoms with Crippen molar-refractivity contribution >= 4 is 5.69 Å². The van der Waals surface area contributed by atoms with Gasteiger partial charge in [0.15, 0.2) is 0 Å². The van der Waals surface area contributed by atoms with Gasteiger partial charge in [0, 0.05) is 19.1 Å². The maximum absolute atomic E-state index is 14.3. The molecule has 0 radical (unpaired) electrons. The standard InChI is InChI=1S/C17H27FN2/c1-3-15(19)11-14-9-6-10-16(18)17(14)20(4-2)12-13-7-5-8-13/h6,9-10,13,15H,3-5,7-8,11-12,19H2,1-2H3. The summed E-state index contributed by atoms with van der Waals surface area (Å²) < 4.78 is 14.3. The van der Waals surface area contributed by atoms with Crippen LogP contribution in [0.3, 0.4) is 0 Å². The number of benzene rings is 1. The Morgan fingerprint density at radius 2 is 2.10 bits per heavy atom. The van der Waals surface area contributed by atoms with Crippen LogP contribution >= 0.6 is 0 Å². The summed E-state index contributed by atoms with van der Waals surface area (Å²) in [6, 6.07) is 5.50. The fourth-order valence-corrected chi connectivity index (χ4v) is 2.87. The number of anilines is 1. The fraction of sp³-hybridized carbons (Fsp3) is 0.647. The van der Waals surface area contributed by atoms with Crippen molar-refractivity contribution < 1.29 is 4.39 Å². The first-order valence-electron chi connectivity index (χ1n) is 7.93. The van der Waals surface area contributed by atoms with E-state index in [-0.39, 0.29) is 11.9 Å². The van der Waals surface area contributed by atoms with E-state index < -0.39 is 0 Å². The average molecular weight is 278 g/mol. The lowest BCUT2D eigenvalue weighted by molar-refractivity contribution is 0.317. The maximum Gasteiger partial charge on any atom is 0.146 e. The molecular weight excluding hydrogens is 251 g/mol. The zero-order valence-electron chi connectivity index (χ0n) is 12.7. The topological polar surface area (TPSA) is 29.3 Å². The third-order valence-corrected chi connectivity index (χ3v) is 4.48. The van der Waals surface area contributed by atoms with Crippen molar-refractivity contribution in [2.75, 3.05) is 18.0 Å². The molecule has 2 N–H and O–H groups in total. The first-order chi connectivity index (χ1) is 9.65. The van der Waals surface area contributed by atoms with E-state index >= 15 is 0 Å². The summed E-state index contributed by atoms with van der Waals surface area (Å²) in [5.41, 5.74) is 7.90. The quantitative estimate of drug-likeness (QED) is 0.823. The van der Waals surface area contributed by atoms with Crippen LogP contribution in [0, 0.1) is 11.7 Å². The van der Waals surface area contributed by atoms with Crippen LogP contribution in [0.4, 0.5) is 10.1 Å². The minimum Gasteiger partial charge on any atom is -0.369 e.